The van der Waals surface area contributed by atoms with E-state index in [2.05, 4.69) is 5.32 Å². The van der Waals surface area contributed by atoms with Crippen LogP contribution in [0.15, 0.2) is 23.6 Å². The van der Waals surface area contributed by atoms with Crippen molar-refractivity contribution in [2.45, 2.75) is 13.3 Å². The molecular formula is C7H13ClN2O. The summed E-state index contributed by atoms with van der Waals surface area (Å²) in [5.41, 5.74) is 0. The van der Waals surface area contributed by atoms with Crippen LogP contribution in [-0.4, -0.2) is 17.3 Å². The normalized spacial score (nSPS) is 12.2. The zero-order valence-corrected chi connectivity index (χ0v) is 7.47. The summed E-state index contributed by atoms with van der Waals surface area (Å²) in [7, 11) is 1.51. The van der Waals surface area contributed by atoms with Gasteiger partial charge >= 0.3 is 0 Å². The molecule has 0 saturated carbocycles. The molecule has 0 fully saturated rings. The van der Waals surface area contributed by atoms with Crippen molar-refractivity contribution in [3.05, 3.63) is 23.6 Å². The lowest BCUT2D eigenvalue weighted by molar-refractivity contribution is -0.0132. The Bertz CT molecular complexity index is 155. The lowest BCUT2D eigenvalue weighted by atomic mass is 10.5. The molecule has 0 rings (SSSR count). The number of halogens is 1. The summed E-state index contributed by atoms with van der Waals surface area (Å²) in [6, 6.07) is 0. The largest absolute Gasteiger partial charge is 0.351 e. The van der Waals surface area contributed by atoms with E-state index >= 15 is 0 Å². The minimum absolute atomic E-state index is 0.561. The highest BCUT2D eigenvalue weighted by Crippen LogP contribution is 1.96. The summed E-state index contributed by atoms with van der Waals surface area (Å²) in [6.07, 6.45) is 5.72. The van der Waals surface area contributed by atoms with Crippen molar-refractivity contribution in [2.24, 2.45) is 0 Å². The summed E-state index contributed by atoms with van der Waals surface area (Å²) in [5, 5.41) is 12.9. The SMILES string of the molecule is CC/C=C(/Cl)N/C=C\N(C)O. The van der Waals surface area contributed by atoms with Crippen molar-refractivity contribution in [1.82, 2.24) is 10.4 Å². The molecular weight excluding hydrogens is 164 g/mol. The Labute approximate surface area is 71.9 Å². The van der Waals surface area contributed by atoms with Crippen LogP contribution in [0.5, 0.6) is 0 Å². The number of nitrogens with one attached hydrogen (secondary N) is 1. The van der Waals surface area contributed by atoms with Crippen molar-refractivity contribution in [2.75, 3.05) is 7.05 Å². The summed E-state index contributed by atoms with van der Waals surface area (Å²) in [5.74, 6) is 0. The van der Waals surface area contributed by atoms with Gasteiger partial charge in [0, 0.05) is 19.4 Å². The van der Waals surface area contributed by atoms with Crippen LogP contribution in [0.1, 0.15) is 13.3 Å². The van der Waals surface area contributed by atoms with E-state index in [0.717, 1.165) is 11.5 Å². The Morgan fingerprint density at radius 3 is 2.82 bits per heavy atom. The molecule has 4 heteroatoms. The Balaban J connectivity index is 3.61. The maximum absolute atomic E-state index is 8.64. The molecule has 0 aliphatic carbocycles. The van der Waals surface area contributed by atoms with Gasteiger partial charge < -0.3 is 5.32 Å². The van der Waals surface area contributed by atoms with Gasteiger partial charge in [-0.2, -0.15) is 0 Å². The fourth-order valence-corrected chi connectivity index (χ4v) is 0.680. The number of hydrogen-bond acceptors (Lipinski definition) is 3. The standard InChI is InChI=1S/C7H13ClN2O/c1-3-4-7(8)9-5-6-10(2)11/h4-6,9,11H,3H2,1-2H3/b6-5-,7-4-. The van der Waals surface area contributed by atoms with E-state index in [1.165, 1.54) is 13.2 Å². The molecule has 0 heterocycles. The third-order valence-corrected chi connectivity index (χ3v) is 1.16. The lowest BCUT2D eigenvalue weighted by Gasteiger charge is -2.01. The zero-order valence-electron chi connectivity index (χ0n) is 6.71. The molecule has 0 aliphatic heterocycles. The number of nitrogens with zero attached hydrogens (tertiary/aromatic N) is 1. The van der Waals surface area contributed by atoms with Crippen LogP contribution in [0.25, 0.3) is 0 Å². The molecule has 0 saturated heterocycles. The molecule has 0 aromatic heterocycles. The first-order valence-corrected chi connectivity index (χ1v) is 3.75. The van der Waals surface area contributed by atoms with E-state index in [9.17, 15) is 0 Å². The minimum Gasteiger partial charge on any atom is -0.351 e. The second-order valence-corrected chi connectivity index (χ2v) is 2.40. The molecule has 0 spiro atoms. The Morgan fingerprint density at radius 1 is 1.73 bits per heavy atom. The first kappa shape index (κ1) is 10.3. The van der Waals surface area contributed by atoms with Gasteiger partial charge in [-0.1, -0.05) is 18.5 Å². The van der Waals surface area contributed by atoms with Crippen LogP contribution in [0.3, 0.4) is 0 Å². The molecule has 2 N–H and O–H groups in total. The fourth-order valence-electron chi connectivity index (χ4n) is 0.463. The average molecular weight is 177 g/mol. The van der Waals surface area contributed by atoms with E-state index < -0.39 is 0 Å². The Hall–Kier alpha value is -0.670. The number of hydroxylamine groups is 2. The molecule has 0 amide bonds. The maximum Gasteiger partial charge on any atom is 0.102 e. The van der Waals surface area contributed by atoms with Crippen LogP contribution in [0.4, 0.5) is 0 Å². The first-order chi connectivity index (χ1) is 5.16. The molecule has 0 atom stereocenters. The second kappa shape index (κ2) is 6.07. The number of hydrogen-bond donors (Lipinski definition) is 2. The quantitative estimate of drug-likeness (QED) is 0.507. The monoisotopic (exact) mass is 176 g/mol. The summed E-state index contributed by atoms with van der Waals surface area (Å²) in [6.45, 7) is 1.99. The fraction of sp³-hybridized carbons (Fsp3) is 0.429. The van der Waals surface area contributed by atoms with Crippen LogP contribution < -0.4 is 5.32 Å². The van der Waals surface area contributed by atoms with Gasteiger partial charge in [-0.15, -0.1) is 0 Å². The third-order valence-electron chi connectivity index (χ3n) is 0.895. The molecule has 0 aliphatic rings. The maximum atomic E-state index is 8.64. The van der Waals surface area contributed by atoms with Crippen LogP contribution in [0.2, 0.25) is 0 Å². The van der Waals surface area contributed by atoms with E-state index in [0.29, 0.717) is 5.16 Å². The van der Waals surface area contributed by atoms with Crippen molar-refractivity contribution in [1.29, 1.82) is 0 Å². The zero-order chi connectivity index (χ0) is 8.69. The molecule has 0 bridgehead atoms. The Kier molecular flexibility index (Phi) is 5.70. The van der Waals surface area contributed by atoms with Crippen LogP contribution >= 0.6 is 11.6 Å². The van der Waals surface area contributed by atoms with Gasteiger partial charge in [0.15, 0.2) is 0 Å². The van der Waals surface area contributed by atoms with E-state index in [-0.39, 0.29) is 0 Å². The predicted molar refractivity (Wildman–Crippen MR) is 46.1 cm³/mol. The van der Waals surface area contributed by atoms with Crippen molar-refractivity contribution >= 4 is 11.6 Å². The predicted octanol–water partition coefficient (Wildman–Crippen LogP) is 1.86. The second-order valence-electron chi connectivity index (χ2n) is 1.99. The molecule has 0 aromatic rings. The highest BCUT2D eigenvalue weighted by Gasteiger charge is 1.83. The van der Waals surface area contributed by atoms with Gasteiger partial charge in [0.1, 0.15) is 5.16 Å². The van der Waals surface area contributed by atoms with Gasteiger partial charge in [0.25, 0.3) is 0 Å². The molecule has 3 nitrogen and oxygen atoms in total. The number of rotatable bonds is 4. The van der Waals surface area contributed by atoms with E-state index in [4.69, 9.17) is 16.8 Å². The van der Waals surface area contributed by atoms with Gasteiger partial charge in [0.2, 0.25) is 0 Å². The lowest BCUT2D eigenvalue weighted by Crippen LogP contribution is -2.06. The van der Waals surface area contributed by atoms with Crippen molar-refractivity contribution in [3.8, 4) is 0 Å². The summed E-state index contributed by atoms with van der Waals surface area (Å²) < 4.78 is 0. The van der Waals surface area contributed by atoms with Gasteiger partial charge in [-0.3, -0.25) is 10.3 Å². The molecule has 64 valence electrons. The molecule has 0 aromatic carbocycles. The average Bonchev–Trinajstić information content (AvgIpc) is 1.87. The van der Waals surface area contributed by atoms with Gasteiger partial charge in [-0.05, 0) is 12.5 Å². The van der Waals surface area contributed by atoms with Crippen molar-refractivity contribution < 1.29 is 5.21 Å². The summed E-state index contributed by atoms with van der Waals surface area (Å²) in [4.78, 5) is 0. The molecule has 0 radical (unpaired) electrons. The van der Waals surface area contributed by atoms with Gasteiger partial charge in [-0.25, -0.2) is 0 Å². The topological polar surface area (TPSA) is 35.5 Å². The van der Waals surface area contributed by atoms with Crippen LogP contribution in [-0.2, 0) is 0 Å². The number of allylic oxidation sites excluding steroid dienone is 1. The smallest absolute Gasteiger partial charge is 0.102 e. The molecule has 0 unspecified atom stereocenters. The molecule has 11 heavy (non-hydrogen) atoms. The van der Waals surface area contributed by atoms with E-state index in [1.807, 2.05) is 13.0 Å². The van der Waals surface area contributed by atoms with Crippen LogP contribution in [0, 0.1) is 0 Å². The Morgan fingerprint density at radius 2 is 2.36 bits per heavy atom. The van der Waals surface area contributed by atoms with Gasteiger partial charge in [0.05, 0.1) is 0 Å². The highest BCUT2D eigenvalue weighted by molar-refractivity contribution is 6.29. The first-order valence-electron chi connectivity index (χ1n) is 3.37. The third kappa shape index (κ3) is 7.22. The minimum atomic E-state index is 0.561. The van der Waals surface area contributed by atoms with Crippen molar-refractivity contribution in [3.63, 3.8) is 0 Å². The highest BCUT2D eigenvalue weighted by atomic mass is 35.5. The van der Waals surface area contributed by atoms with E-state index in [1.54, 1.807) is 6.20 Å². The summed E-state index contributed by atoms with van der Waals surface area (Å²) >= 11 is 5.66.